The predicted molar refractivity (Wildman–Crippen MR) is 139 cm³/mol. The number of halogens is 2. The van der Waals surface area contributed by atoms with E-state index in [1.165, 1.54) is 18.2 Å². The van der Waals surface area contributed by atoms with Crippen molar-refractivity contribution >= 4 is 23.5 Å². The molecule has 38 heavy (non-hydrogen) atoms. The number of nitrogens with one attached hydrogen (secondary N) is 1. The van der Waals surface area contributed by atoms with E-state index in [9.17, 15) is 24.3 Å². The van der Waals surface area contributed by atoms with Gasteiger partial charge in [-0.1, -0.05) is 73.3 Å². The van der Waals surface area contributed by atoms with Crippen LogP contribution in [0.15, 0.2) is 48.7 Å². The third kappa shape index (κ3) is 8.81. The summed E-state index contributed by atoms with van der Waals surface area (Å²) in [4.78, 5) is 25.4. The van der Waals surface area contributed by atoms with Crippen LogP contribution in [0.2, 0.25) is 5.02 Å². The number of aliphatic hydroxyl groups is 1. The minimum atomic E-state index is -1.45. The molecule has 204 valence electrons. The lowest BCUT2D eigenvalue weighted by Gasteiger charge is -2.21. The van der Waals surface area contributed by atoms with Crippen molar-refractivity contribution in [3.05, 3.63) is 70.8 Å². The second-order valence-electron chi connectivity index (χ2n) is 9.05. The summed E-state index contributed by atoms with van der Waals surface area (Å²) in [5.74, 6) is -1.80. The summed E-state index contributed by atoms with van der Waals surface area (Å²) in [7, 11) is 0. The van der Waals surface area contributed by atoms with Crippen molar-refractivity contribution in [1.29, 1.82) is 0 Å². The Morgan fingerprint density at radius 1 is 1.13 bits per heavy atom. The Balaban J connectivity index is 1.66. The summed E-state index contributed by atoms with van der Waals surface area (Å²) in [6, 6.07) is 10.6. The largest absolute Gasteiger partial charge is 0.464 e. The molecule has 1 amide bonds. The van der Waals surface area contributed by atoms with Crippen molar-refractivity contribution in [2.75, 3.05) is 6.61 Å². The van der Waals surface area contributed by atoms with Crippen molar-refractivity contribution < 1.29 is 29.0 Å². The van der Waals surface area contributed by atoms with Crippen LogP contribution in [0.3, 0.4) is 0 Å². The summed E-state index contributed by atoms with van der Waals surface area (Å²) in [5.41, 5.74) is 1.61. The number of carbonyl (C=O) groups is 2. The zero-order chi connectivity index (χ0) is 27.5. The van der Waals surface area contributed by atoms with E-state index in [0.29, 0.717) is 21.0 Å². The van der Waals surface area contributed by atoms with Gasteiger partial charge in [0.15, 0.2) is 11.8 Å². The Bertz CT molecular complexity index is 1200. The molecule has 0 saturated heterocycles. The topological polar surface area (TPSA) is 127 Å². The third-order valence-corrected chi connectivity index (χ3v) is 6.23. The molecule has 0 aliphatic heterocycles. The zero-order valence-electron chi connectivity index (χ0n) is 21.1. The first-order valence-corrected chi connectivity index (χ1v) is 13.0. The molecule has 3 rings (SSSR count). The predicted octanol–water partition coefficient (Wildman–Crippen LogP) is 4.58. The summed E-state index contributed by atoms with van der Waals surface area (Å²) >= 11 is 6.01. The molecule has 0 radical (unpaired) electrons. The van der Waals surface area contributed by atoms with Crippen LogP contribution >= 0.6 is 11.6 Å². The number of aromatic nitrogens is 3. The molecule has 0 fully saturated rings. The van der Waals surface area contributed by atoms with Gasteiger partial charge in [-0.2, -0.15) is 0 Å². The first-order chi connectivity index (χ1) is 18.3. The Morgan fingerprint density at radius 2 is 1.87 bits per heavy atom. The lowest BCUT2D eigenvalue weighted by molar-refractivity contribution is -0.154. The summed E-state index contributed by atoms with van der Waals surface area (Å²) in [5, 5.41) is 29.9. The van der Waals surface area contributed by atoms with E-state index in [1.807, 2.05) is 0 Å². The average Bonchev–Trinajstić information content (AvgIpc) is 3.34. The van der Waals surface area contributed by atoms with E-state index in [0.717, 1.165) is 43.9 Å². The van der Waals surface area contributed by atoms with Gasteiger partial charge in [0, 0.05) is 23.0 Å². The molecular weight excluding hydrogens is 515 g/mol. The van der Waals surface area contributed by atoms with Crippen LogP contribution in [0.25, 0.3) is 11.1 Å². The molecule has 0 aliphatic carbocycles. The van der Waals surface area contributed by atoms with Gasteiger partial charge < -0.3 is 20.4 Å². The van der Waals surface area contributed by atoms with Crippen molar-refractivity contribution in [3.8, 4) is 11.1 Å². The van der Waals surface area contributed by atoms with Gasteiger partial charge in [-0.05, 0) is 47.4 Å². The highest BCUT2D eigenvalue weighted by Gasteiger charge is 2.25. The monoisotopic (exact) mass is 546 g/mol. The minimum Gasteiger partial charge on any atom is -0.464 e. The van der Waals surface area contributed by atoms with Crippen LogP contribution in [-0.2, 0) is 16.0 Å². The summed E-state index contributed by atoms with van der Waals surface area (Å²) in [6.07, 6.45) is 4.67. The standard InChI is InChI=1S/C27H32ClFN4O5/c1-2-3-4-5-6-13-38-27(36)25(34)16-21(30-26(35)24-17-33(37)32-31-24)14-18-7-9-19(10-8-18)22-15-20(28)11-12-23(22)29/h7-12,15,17,21,25,34,37H,2-6,13-14,16H2,1H3,(H,30,35)/t21-,25-/m1/s1. The highest BCUT2D eigenvalue weighted by molar-refractivity contribution is 6.30. The minimum absolute atomic E-state index is 0.113. The zero-order valence-corrected chi connectivity index (χ0v) is 21.9. The fourth-order valence-corrected chi connectivity index (χ4v) is 4.15. The van der Waals surface area contributed by atoms with Crippen LogP contribution in [0, 0.1) is 5.82 Å². The van der Waals surface area contributed by atoms with Gasteiger partial charge in [0.05, 0.1) is 12.8 Å². The van der Waals surface area contributed by atoms with E-state index < -0.39 is 29.8 Å². The van der Waals surface area contributed by atoms with Gasteiger partial charge in [-0.15, -0.1) is 5.10 Å². The van der Waals surface area contributed by atoms with E-state index in [1.54, 1.807) is 24.3 Å². The number of aliphatic hydroxyl groups excluding tert-OH is 1. The van der Waals surface area contributed by atoms with Gasteiger partial charge in [0.25, 0.3) is 5.91 Å². The molecule has 2 aromatic carbocycles. The maximum absolute atomic E-state index is 14.2. The van der Waals surface area contributed by atoms with Gasteiger partial charge in [0.1, 0.15) is 5.82 Å². The highest BCUT2D eigenvalue weighted by atomic mass is 35.5. The summed E-state index contributed by atoms with van der Waals surface area (Å²) in [6.45, 7) is 2.34. The molecule has 11 heteroatoms. The van der Waals surface area contributed by atoms with E-state index >= 15 is 0 Å². The molecular formula is C27H32ClFN4O5. The second kappa shape index (κ2) is 14.4. The highest BCUT2D eigenvalue weighted by Crippen LogP contribution is 2.26. The molecule has 0 unspecified atom stereocenters. The van der Waals surface area contributed by atoms with Crippen LogP contribution in [-0.4, -0.2) is 56.1 Å². The number of ether oxygens (including phenoxy) is 1. The molecule has 3 aromatic rings. The molecule has 1 heterocycles. The number of hydrogen-bond acceptors (Lipinski definition) is 7. The molecule has 9 nitrogen and oxygen atoms in total. The molecule has 0 spiro atoms. The molecule has 2 atom stereocenters. The van der Waals surface area contributed by atoms with E-state index in [2.05, 4.69) is 22.6 Å². The van der Waals surface area contributed by atoms with Gasteiger partial charge in [-0.3, -0.25) is 4.79 Å². The van der Waals surface area contributed by atoms with Crippen molar-refractivity contribution in [1.82, 2.24) is 20.5 Å². The molecule has 0 bridgehead atoms. The Kier molecular flexibility index (Phi) is 11.0. The van der Waals surface area contributed by atoms with Crippen molar-refractivity contribution in [2.45, 2.75) is 64.0 Å². The lowest BCUT2D eigenvalue weighted by atomic mass is 9.97. The quantitative estimate of drug-likeness (QED) is 0.153. The molecule has 1 aromatic heterocycles. The first kappa shape index (κ1) is 29.1. The Morgan fingerprint density at radius 3 is 2.55 bits per heavy atom. The number of unbranched alkanes of at least 4 members (excludes halogenated alkanes) is 4. The smallest absolute Gasteiger partial charge is 0.335 e. The van der Waals surface area contributed by atoms with E-state index in [4.69, 9.17) is 16.3 Å². The Labute approximate surface area is 225 Å². The number of hydrogen-bond donors (Lipinski definition) is 3. The van der Waals surface area contributed by atoms with Crippen molar-refractivity contribution in [2.24, 2.45) is 0 Å². The molecule has 0 aliphatic rings. The maximum atomic E-state index is 14.2. The normalized spacial score (nSPS) is 12.6. The number of nitrogens with zero attached hydrogens (tertiary/aromatic N) is 3. The first-order valence-electron chi connectivity index (χ1n) is 12.6. The average molecular weight is 547 g/mol. The fourth-order valence-electron chi connectivity index (χ4n) is 3.98. The SMILES string of the molecule is CCCCCCCOC(=O)[C@H](O)C[C@@H](Cc1ccc(-c2cc(Cl)ccc2F)cc1)NC(=O)c1cn(O)nn1. The van der Waals surface area contributed by atoms with Crippen LogP contribution in [0.4, 0.5) is 4.39 Å². The lowest BCUT2D eigenvalue weighted by Crippen LogP contribution is -2.41. The van der Waals surface area contributed by atoms with Crippen LogP contribution in [0.1, 0.15) is 61.5 Å². The van der Waals surface area contributed by atoms with Crippen molar-refractivity contribution in [3.63, 3.8) is 0 Å². The molecule has 3 N–H and O–H groups in total. The number of rotatable bonds is 14. The molecule has 0 saturated carbocycles. The number of esters is 1. The fraction of sp³-hybridized carbons (Fsp3) is 0.407. The van der Waals surface area contributed by atoms with Gasteiger partial charge in [0.2, 0.25) is 0 Å². The maximum Gasteiger partial charge on any atom is 0.335 e. The van der Waals surface area contributed by atoms with Crippen LogP contribution < -0.4 is 5.32 Å². The Hall–Kier alpha value is -3.50. The second-order valence-corrected chi connectivity index (χ2v) is 9.49. The number of amides is 1. The number of carbonyl (C=O) groups excluding carboxylic acids is 2. The summed E-state index contributed by atoms with van der Waals surface area (Å²) < 4.78 is 19.5. The number of benzene rings is 2. The van der Waals surface area contributed by atoms with Gasteiger partial charge in [-0.25, -0.2) is 9.18 Å². The van der Waals surface area contributed by atoms with Gasteiger partial charge >= 0.3 is 5.97 Å². The van der Waals surface area contributed by atoms with Crippen LogP contribution in [0.5, 0.6) is 0 Å². The third-order valence-electron chi connectivity index (χ3n) is 6.00. The van der Waals surface area contributed by atoms with E-state index in [-0.39, 0.29) is 25.1 Å².